The van der Waals surface area contributed by atoms with E-state index in [1.807, 2.05) is 6.20 Å². The average Bonchev–Trinajstić information content (AvgIpc) is 3.15. The van der Waals surface area contributed by atoms with Gasteiger partial charge in [-0.3, -0.25) is 9.88 Å². The minimum atomic E-state index is 0.374. The predicted molar refractivity (Wildman–Crippen MR) is 131 cm³/mol. The summed E-state index contributed by atoms with van der Waals surface area (Å²) < 4.78 is 2.52. The fourth-order valence-electron chi connectivity index (χ4n) is 5.77. The second kappa shape index (κ2) is 9.32. The van der Waals surface area contributed by atoms with Gasteiger partial charge in [-0.1, -0.05) is 18.2 Å². The number of aryl methyl sites for hydroxylation is 1. The number of hydrogen-bond acceptors (Lipinski definition) is 4. The molecule has 32 heavy (non-hydrogen) atoms. The molecule has 2 aliphatic rings. The molecule has 1 fully saturated rings. The highest BCUT2D eigenvalue weighted by Crippen LogP contribution is 2.33. The third kappa shape index (κ3) is 4.33. The van der Waals surface area contributed by atoms with Gasteiger partial charge in [-0.2, -0.15) is 0 Å². The lowest BCUT2D eigenvalue weighted by molar-refractivity contribution is 0.129. The molecule has 1 aromatic carbocycles. The Morgan fingerprint density at radius 3 is 2.84 bits per heavy atom. The van der Waals surface area contributed by atoms with E-state index >= 15 is 0 Å². The van der Waals surface area contributed by atoms with Gasteiger partial charge in [0.15, 0.2) is 0 Å². The van der Waals surface area contributed by atoms with Crippen LogP contribution in [-0.4, -0.2) is 50.5 Å². The number of nitrogens with zero attached hydrogens (tertiary/aromatic N) is 5. The van der Waals surface area contributed by atoms with Gasteiger partial charge in [0.05, 0.1) is 29.3 Å². The first kappa shape index (κ1) is 21.6. The van der Waals surface area contributed by atoms with E-state index in [4.69, 9.17) is 9.97 Å². The number of piperidine rings is 1. The SMILES string of the molecule is CC(C)N1CCC[C@H](Cn2c(CN(C)C3CCCc4cccnc43)nc3ccccc32)C1. The Morgan fingerprint density at radius 2 is 1.97 bits per heavy atom. The van der Waals surface area contributed by atoms with Gasteiger partial charge in [-0.25, -0.2) is 4.98 Å². The number of rotatable bonds is 6. The van der Waals surface area contributed by atoms with E-state index < -0.39 is 0 Å². The van der Waals surface area contributed by atoms with Crippen LogP contribution >= 0.6 is 0 Å². The van der Waals surface area contributed by atoms with Crippen molar-refractivity contribution in [3.8, 4) is 0 Å². The number of para-hydroxylation sites is 2. The molecule has 2 atom stereocenters. The topological polar surface area (TPSA) is 37.2 Å². The van der Waals surface area contributed by atoms with Crippen LogP contribution in [-0.2, 0) is 19.5 Å². The molecule has 1 unspecified atom stereocenters. The highest BCUT2D eigenvalue weighted by molar-refractivity contribution is 5.75. The van der Waals surface area contributed by atoms with Crippen LogP contribution in [0.5, 0.6) is 0 Å². The first-order valence-electron chi connectivity index (χ1n) is 12.4. The highest BCUT2D eigenvalue weighted by Gasteiger charge is 2.27. The van der Waals surface area contributed by atoms with E-state index in [1.54, 1.807) is 0 Å². The Bertz CT molecular complexity index is 1060. The van der Waals surface area contributed by atoms with Crippen LogP contribution in [0.4, 0.5) is 0 Å². The number of likely N-dealkylation sites (tertiary alicyclic amines) is 1. The molecule has 0 bridgehead atoms. The zero-order valence-corrected chi connectivity index (χ0v) is 19.9. The Labute approximate surface area is 192 Å². The smallest absolute Gasteiger partial charge is 0.124 e. The third-order valence-electron chi connectivity index (χ3n) is 7.54. The Hall–Kier alpha value is -2.24. The quantitative estimate of drug-likeness (QED) is 0.547. The lowest BCUT2D eigenvalue weighted by atomic mass is 9.91. The maximum Gasteiger partial charge on any atom is 0.124 e. The molecule has 1 aliphatic carbocycles. The van der Waals surface area contributed by atoms with Crippen molar-refractivity contribution in [1.82, 2.24) is 24.3 Å². The fourth-order valence-corrected chi connectivity index (χ4v) is 5.77. The molecular weight excluding hydrogens is 394 g/mol. The predicted octanol–water partition coefficient (Wildman–Crippen LogP) is 5.06. The number of hydrogen-bond donors (Lipinski definition) is 0. The minimum Gasteiger partial charge on any atom is -0.327 e. The summed E-state index contributed by atoms with van der Waals surface area (Å²) in [6.07, 6.45) is 8.12. The second-order valence-corrected chi connectivity index (χ2v) is 10.1. The van der Waals surface area contributed by atoms with E-state index in [2.05, 4.69) is 71.7 Å². The van der Waals surface area contributed by atoms with Crippen molar-refractivity contribution in [1.29, 1.82) is 0 Å². The molecule has 5 rings (SSSR count). The summed E-state index contributed by atoms with van der Waals surface area (Å²) >= 11 is 0. The fraction of sp³-hybridized carbons (Fsp3) is 0.556. The average molecular weight is 432 g/mol. The molecule has 0 amide bonds. The van der Waals surface area contributed by atoms with E-state index in [0.717, 1.165) is 25.0 Å². The third-order valence-corrected chi connectivity index (χ3v) is 7.54. The van der Waals surface area contributed by atoms with Crippen molar-refractivity contribution in [2.24, 2.45) is 5.92 Å². The first-order valence-corrected chi connectivity index (χ1v) is 12.4. The van der Waals surface area contributed by atoms with Gasteiger partial charge in [0.1, 0.15) is 5.82 Å². The molecular formula is C27H37N5. The van der Waals surface area contributed by atoms with Gasteiger partial charge in [0.2, 0.25) is 0 Å². The molecule has 3 heterocycles. The standard InChI is InChI=1S/C27H37N5/c1-20(2)31-16-8-9-21(17-31)18-32-24-13-5-4-12-23(24)29-26(32)19-30(3)25-14-6-10-22-11-7-15-28-27(22)25/h4-5,7,11-13,15,20-21,25H,6,8-10,14,16-19H2,1-3H3/t21-,25?/m0/s1. The van der Waals surface area contributed by atoms with E-state index in [0.29, 0.717) is 18.0 Å². The monoisotopic (exact) mass is 431 g/mol. The van der Waals surface area contributed by atoms with Crippen molar-refractivity contribution >= 4 is 11.0 Å². The van der Waals surface area contributed by atoms with Crippen LogP contribution in [0.2, 0.25) is 0 Å². The molecule has 5 heteroatoms. The Kier molecular flexibility index (Phi) is 6.29. The van der Waals surface area contributed by atoms with E-state index in [1.165, 1.54) is 61.4 Å². The summed E-state index contributed by atoms with van der Waals surface area (Å²) in [6, 6.07) is 14.0. The largest absolute Gasteiger partial charge is 0.327 e. The van der Waals surface area contributed by atoms with Crippen molar-refractivity contribution in [2.45, 2.75) is 71.1 Å². The zero-order valence-electron chi connectivity index (χ0n) is 19.9. The molecule has 0 radical (unpaired) electrons. The minimum absolute atomic E-state index is 0.374. The number of benzene rings is 1. The summed E-state index contributed by atoms with van der Waals surface area (Å²) in [6.45, 7) is 9.00. The van der Waals surface area contributed by atoms with Crippen LogP contribution in [0.3, 0.4) is 0 Å². The number of imidazole rings is 1. The van der Waals surface area contributed by atoms with Gasteiger partial charge >= 0.3 is 0 Å². The van der Waals surface area contributed by atoms with Crippen LogP contribution in [0, 0.1) is 5.92 Å². The van der Waals surface area contributed by atoms with Crippen LogP contribution in [0.1, 0.15) is 62.7 Å². The molecule has 170 valence electrons. The Morgan fingerprint density at radius 1 is 1.09 bits per heavy atom. The van der Waals surface area contributed by atoms with Gasteiger partial charge in [0.25, 0.3) is 0 Å². The second-order valence-electron chi connectivity index (χ2n) is 10.1. The maximum absolute atomic E-state index is 5.11. The van der Waals surface area contributed by atoms with Crippen molar-refractivity contribution in [3.63, 3.8) is 0 Å². The zero-order chi connectivity index (χ0) is 22.1. The van der Waals surface area contributed by atoms with Crippen molar-refractivity contribution in [2.75, 3.05) is 20.1 Å². The van der Waals surface area contributed by atoms with Crippen molar-refractivity contribution in [3.05, 3.63) is 59.7 Å². The van der Waals surface area contributed by atoms with Gasteiger partial charge < -0.3 is 9.47 Å². The highest BCUT2D eigenvalue weighted by atomic mass is 15.2. The molecule has 5 nitrogen and oxygen atoms in total. The summed E-state index contributed by atoms with van der Waals surface area (Å²) in [4.78, 5) is 15.0. The number of fused-ring (bicyclic) bond motifs is 2. The van der Waals surface area contributed by atoms with Gasteiger partial charge in [0, 0.05) is 25.3 Å². The lowest BCUT2D eigenvalue weighted by Crippen LogP contribution is -2.41. The molecule has 2 aromatic heterocycles. The summed E-state index contributed by atoms with van der Waals surface area (Å²) in [5.74, 6) is 1.88. The molecule has 0 saturated carbocycles. The lowest BCUT2D eigenvalue weighted by Gasteiger charge is -2.36. The van der Waals surface area contributed by atoms with E-state index in [9.17, 15) is 0 Å². The van der Waals surface area contributed by atoms with Crippen LogP contribution in [0.15, 0.2) is 42.6 Å². The molecule has 0 spiro atoms. The normalized spacial score (nSPS) is 22.0. The molecule has 1 saturated heterocycles. The summed E-state index contributed by atoms with van der Waals surface area (Å²) in [7, 11) is 2.25. The molecule has 0 N–H and O–H groups in total. The van der Waals surface area contributed by atoms with Gasteiger partial charge in [-0.05, 0) is 89.2 Å². The maximum atomic E-state index is 5.11. The van der Waals surface area contributed by atoms with Gasteiger partial charge in [-0.15, -0.1) is 0 Å². The van der Waals surface area contributed by atoms with E-state index in [-0.39, 0.29) is 0 Å². The first-order chi connectivity index (χ1) is 15.6. The number of pyridine rings is 1. The summed E-state index contributed by atoms with van der Waals surface area (Å²) in [5, 5.41) is 0. The van der Waals surface area contributed by atoms with Crippen molar-refractivity contribution < 1.29 is 0 Å². The number of aromatic nitrogens is 3. The van der Waals surface area contributed by atoms with Crippen LogP contribution in [0.25, 0.3) is 11.0 Å². The summed E-state index contributed by atoms with van der Waals surface area (Å²) in [5.41, 5.74) is 5.08. The Balaban J connectivity index is 1.41. The van der Waals surface area contributed by atoms with Crippen LogP contribution < -0.4 is 0 Å². The molecule has 1 aliphatic heterocycles. The molecule has 3 aromatic rings.